The molecule has 0 aromatic heterocycles. The fraction of sp³-hybridized carbons (Fsp3) is 0.909. The number of hydrogen-bond acceptors (Lipinski definition) is 12. The maximum atomic E-state index is 13.8. The minimum absolute atomic E-state index is 0.0822. The van der Waals surface area contributed by atoms with E-state index in [1.807, 2.05) is 32.8 Å². The Morgan fingerprint density at radius 1 is 1.13 bits per heavy atom. The molecule has 12 heteroatoms. The standard InChI is InChI=1S/C33H63N3O9/c1-12-14-34-18-33(42)21(5)28(45-30-26(37)24(36(10)11)15-20(4)43-30)31(8,40)16-19(3)17-35-23(7)27(38)32(9,41)25(13-2)44-29(39)22(33)6/h12,19-28,30,34-35,37-38,40-42H,1,13-18H2,2-11H3/t19-,20-,21-,22?,23-,24+,25-,26-,27-,28-,30+,31+,32-,33-/m1/s1. The Labute approximate surface area is 270 Å². The molecule has 45 heavy (non-hydrogen) atoms. The van der Waals surface area contributed by atoms with Gasteiger partial charge < -0.3 is 55.3 Å². The number of nitrogens with one attached hydrogen (secondary N) is 2. The molecule has 2 fully saturated rings. The summed E-state index contributed by atoms with van der Waals surface area (Å²) in [5.74, 6) is -3.01. The van der Waals surface area contributed by atoms with E-state index in [-0.39, 0.29) is 37.5 Å². The van der Waals surface area contributed by atoms with E-state index in [0.29, 0.717) is 19.5 Å². The lowest BCUT2D eigenvalue weighted by Gasteiger charge is -2.49. The van der Waals surface area contributed by atoms with Crippen molar-refractivity contribution in [3.8, 4) is 0 Å². The number of carbonyl (C=O) groups is 1. The summed E-state index contributed by atoms with van der Waals surface area (Å²) in [5.41, 5.74) is -5.22. The van der Waals surface area contributed by atoms with Gasteiger partial charge in [0.25, 0.3) is 0 Å². The van der Waals surface area contributed by atoms with Gasteiger partial charge in [-0.05, 0) is 80.4 Å². The van der Waals surface area contributed by atoms with E-state index in [4.69, 9.17) is 14.2 Å². The van der Waals surface area contributed by atoms with E-state index in [9.17, 15) is 30.3 Å². The minimum atomic E-state index is -1.85. The lowest BCUT2D eigenvalue weighted by Crippen LogP contribution is -2.64. The van der Waals surface area contributed by atoms with Crippen molar-refractivity contribution < 1.29 is 44.5 Å². The van der Waals surface area contributed by atoms with Crippen LogP contribution < -0.4 is 10.6 Å². The zero-order chi connectivity index (χ0) is 34.5. The van der Waals surface area contributed by atoms with Gasteiger partial charge in [0, 0.05) is 31.1 Å². The average Bonchev–Trinajstić information content (AvgIpc) is 2.96. The van der Waals surface area contributed by atoms with E-state index in [0.717, 1.165) is 0 Å². The summed E-state index contributed by atoms with van der Waals surface area (Å²) in [6, 6.07) is -0.845. The molecule has 0 aromatic rings. The molecule has 0 amide bonds. The highest BCUT2D eigenvalue weighted by Gasteiger charge is 2.54. The van der Waals surface area contributed by atoms with Gasteiger partial charge in [0.2, 0.25) is 0 Å². The molecule has 2 aliphatic heterocycles. The third kappa shape index (κ3) is 9.46. The normalized spacial score (nSPS) is 46.2. The second kappa shape index (κ2) is 16.3. The molecule has 0 radical (unpaired) electrons. The second-order valence-electron chi connectivity index (χ2n) is 14.4. The third-order valence-corrected chi connectivity index (χ3v) is 10.1. The van der Waals surface area contributed by atoms with Gasteiger partial charge in [-0.25, -0.2) is 0 Å². The third-order valence-electron chi connectivity index (χ3n) is 10.1. The van der Waals surface area contributed by atoms with E-state index in [2.05, 4.69) is 17.2 Å². The van der Waals surface area contributed by atoms with Crippen molar-refractivity contribution in [1.82, 2.24) is 15.5 Å². The van der Waals surface area contributed by atoms with Crippen LogP contribution in [0, 0.1) is 17.8 Å². The summed E-state index contributed by atoms with van der Waals surface area (Å²) in [5, 5.41) is 65.0. The average molecular weight is 646 g/mol. The van der Waals surface area contributed by atoms with Crippen LogP contribution in [-0.2, 0) is 19.0 Å². The molecule has 0 bridgehead atoms. The quantitative estimate of drug-likeness (QED) is 0.113. The number of nitrogens with zero attached hydrogens (tertiary/aromatic N) is 1. The maximum absolute atomic E-state index is 13.8. The topological polar surface area (TPSA) is 173 Å². The van der Waals surface area contributed by atoms with Crippen LogP contribution in [0.5, 0.6) is 0 Å². The monoisotopic (exact) mass is 645 g/mol. The summed E-state index contributed by atoms with van der Waals surface area (Å²) in [7, 11) is 3.74. The largest absolute Gasteiger partial charge is 0.459 e. The number of carbonyl (C=O) groups excluding carboxylic acids is 1. The van der Waals surface area contributed by atoms with Gasteiger partial charge in [-0.2, -0.15) is 0 Å². The summed E-state index contributed by atoms with van der Waals surface area (Å²) in [6.07, 6.45) is -3.24. The summed E-state index contributed by atoms with van der Waals surface area (Å²) < 4.78 is 18.5. The fourth-order valence-electron chi connectivity index (χ4n) is 7.10. The van der Waals surface area contributed by atoms with E-state index in [1.54, 1.807) is 40.7 Å². The number of ether oxygens (including phenoxy) is 3. The zero-order valence-electron chi connectivity index (χ0n) is 29.2. The Morgan fingerprint density at radius 3 is 2.31 bits per heavy atom. The van der Waals surface area contributed by atoms with Crippen LogP contribution in [-0.4, -0.2) is 136 Å². The molecular formula is C33H63N3O9. The van der Waals surface area contributed by atoms with Crippen LogP contribution in [0.1, 0.15) is 74.7 Å². The van der Waals surface area contributed by atoms with Crippen molar-refractivity contribution in [1.29, 1.82) is 0 Å². The minimum Gasteiger partial charge on any atom is -0.459 e. The van der Waals surface area contributed by atoms with Gasteiger partial charge in [0.1, 0.15) is 23.9 Å². The summed E-state index contributed by atoms with van der Waals surface area (Å²) in [4.78, 5) is 15.7. The first-order valence-corrected chi connectivity index (χ1v) is 16.5. The highest BCUT2D eigenvalue weighted by molar-refractivity contribution is 5.74. The maximum Gasteiger partial charge on any atom is 0.312 e. The Morgan fingerprint density at radius 2 is 1.76 bits per heavy atom. The Hall–Kier alpha value is -1.19. The first-order chi connectivity index (χ1) is 20.7. The van der Waals surface area contributed by atoms with Gasteiger partial charge >= 0.3 is 5.97 Å². The molecule has 2 aliphatic rings. The Bertz CT molecular complexity index is 950. The van der Waals surface area contributed by atoms with Crippen molar-refractivity contribution >= 4 is 5.97 Å². The second-order valence-corrected chi connectivity index (χ2v) is 14.4. The van der Waals surface area contributed by atoms with Crippen LogP contribution >= 0.6 is 0 Å². The van der Waals surface area contributed by atoms with Crippen LogP contribution in [0.2, 0.25) is 0 Å². The molecule has 264 valence electrons. The number of cyclic esters (lactones) is 1. The number of aliphatic hydroxyl groups is 5. The summed E-state index contributed by atoms with van der Waals surface area (Å²) >= 11 is 0. The van der Waals surface area contributed by atoms with Gasteiger partial charge in [-0.1, -0.05) is 26.8 Å². The Balaban J connectivity index is 2.68. The SMILES string of the molecule is C=CCNC[C@]1(O)C(C)C(=O)O[C@H](CC)[C@@](C)(O)[C@H](O)[C@@H](C)NC[C@H](C)C[C@](C)(O)[C@H](O[C@@H]2O[C@H](C)C[C@H](N(C)C)[C@H]2O)[C@H]1C. The van der Waals surface area contributed by atoms with E-state index < -0.39 is 71.4 Å². The predicted octanol–water partition coefficient (Wildman–Crippen LogP) is 0.779. The molecule has 2 rings (SSSR count). The predicted molar refractivity (Wildman–Crippen MR) is 172 cm³/mol. The molecule has 0 aliphatic carbocycles. The lowest BCUT2D eigenvalue weighted by atomic mass is 9.70. The zero-order valence-corrected chi connectivity index (χ0v) is 29.2. The van der Waals surface area contributed by atoms with Gasteiger partial charge in [0.15, 0.2) is 6.29 Å². The van der Waals surface area contributed by atoms with Crippen LogP contribution in [0.3, 0.4) is 0 Å². The van der Waals surface area contributed by atoms with E-state index in [1.165, 1.54) is 6.92 Å². The number of esters is 1. The molecule has 2 heterocycles. The molecule has 2 saturated heterocycles. The van der Waals surface area contributed by atoms with Crippen molar-refractivity contribution in [3.05, 3.63) is 12.7 Å². The van der Waals surface area contributed by atoms with Crippen LogP contribution in [0.15, 0.2) is 12.7 Å². The molecule has 1 unspecified atom stereocenters. The van der Waals surface area contributed by atoms with Crippen LogP contribution in [0.25, 0.3) is 0 Å². The highest BCUT2D eigenvalue weighted by Crippen LogP contribution is 2.40. The number of rotatable bonds is 8. The fourth-order valence-corrected chi connectivity index (χ4v) is 7.10. The lowest BCUT2D eigenvalue weighted by molar-refractivity contribution is -0.304. The molecule has 7 N–H and O–H groups in total. The molecule has 0 saturated carbocycles. The molecule has 0 spiro atoms. The van der Waals surface area contributed by atoms with Crippen molar-refractivity contribution in [2.24, 2.45) is 17.8 Å². The number of aliphatic hydroxyl groups excluding tert-OH is 2. The van der Waals surface area contributed by atoms with Gasteiger partial charge in [-0.3, -0.25) is 4.79 Å². The number of hydrogen-bond donors (Lipinski definition) is 7. The molecule has 14 atom stereocenters. The Kier molecular flexibility index (Phi) is 14.5. The molecule has 12 nitrogen and oxygen atoms in total. The first-order valence-electron chi connectivity index (χ1n) is 16.5. The smallest absolute Gasteiger partial charge is 0.312 e. The van der Waals surface area contributed by atoms with Crippen molar-refractivity contribution in [2.45, 2.75) is 140 Å². The van der Waals surface area contributed by atoms with Crippen LogP contribution in [0.4, 0.5) is 0 Å². The molecular weight excluding hydrogens is 582 g/mol. The van der Waals surface area contributed by atoms with Gasteiger partial charge in [0.05, 0.1) is 29.3 Å². The molecule has 0 aromatic carbocycles. The summed E-state index contributed by atoms with van der Waals surface area (Å²) in [6.45, 7) is 18.0. The first kappa shape index (κ1) is 40.0. The van der Waals surface area contributed by atoms with Crippen molar-refractivity contribution in [3.63, 3.8) is 0 Å². The number of likely N-dealkylation sites (N-methyl/N-ethyl adjacent to an activating group) is 1. The van der Waals surface area contributed by atoms with Gasteiger partial charge in [-0.15, -0.1) is 6.58 Å². The highest BCUT2D eigenvalue weighted by atomic mass is 16.7. The van der Waals surface area contributed by atoms with E-state index >= 15 is 0 Å². The van der Waals surface area contributed by atoms with Crippen molar-refractivity contribution in [2.75, 3.05) is 33.7 Å².